The van der Waals surface area contributed by atoms with Crippen LogP contribution in [-0.2, 0) is 15.1 Å². The van der Waals surface area contributed by atoms with E-state index >= 15 is 0 Å². The van der Waals surface area contributed by atoms with Gasteiger partial charge in [-0.2, -0.15) is 0 Å². The number of hydrogen-bond acceptors (Lipinski definition) is 3. The Hall–Kier alpha value is -1.49. The third-order valence-corrected chi connectivity index (χ3v) is 4.05. The zero-order valence-electron chi connectivity index (χ0n) is 11.7. The predicted octanol–water partition coefficient (Wildman–Crippen LogP) is 2.81. The van der Waals surface area contributed by atoms with Crippen LogP contribution >= 0.6 is 0 Å². The summed E-state index contributed by atoms with van der Waals surface area (Å²) in [6.45, 7) is 2.08. The molecule has 1 unspecified atom stereocenters. The van der Waals surface area contributed by atoms with E-state index in [2.05, 4.69) is 0 Å². The average Bonchev–Trinajstić information content (AvgIpc) is 2.46. The summed E-state index contributed by atoms with van der Waals surface area (Å²) in [5.41, 5.74) is -0.260. The molecule has 1 fully saturated rings. The highest BCUT2D eigenvalue weighted by molar-refractivity contribution is 5.82. The minimum Gasteiger partial charge on any atom is -0.467 e. The fraction of sp³-hybridized carbons (Fsp3) is 0.533. The summed E-state index contributed by atoms with van der Waals surface area (Å²) in [6, 6.07) is 9.16. The summed E-state index contributed by atoms with van der Waals surface area (Å²) in [5.74, 6) is -3.06. The molecule has 0 N–H and O–H groups in total. The van der Waals surface area contributed by atoms with Crippen LogP contribution in [0.2, 0.25) is 0 Å². The first-order valence-corrected chi connectivity index (χ1v) is 6.67. The third-order valence-electron chi connectivity index (χ3n) is 4.05. The lowest BCUT2D eigenvalue weighted by Crippen LogP contribution is -2.54. The largest absolute Gasteiger partial charge is 0.467 e. The monoisotopic (exact) mass is 283 g/mol. The number of benzene rings is 1. The number of likely N-dealkylation sites (tertiary alicyclic amines) is 1. The number of rotatable bonds is 3. The van der Waals surface area contributed by atoms with E-state index in [9.17, 15) is 13.6 Å². The Morgan fingerprint density at radius 3 is 2.30 bits per heavy atom. The standard InChI is InChI=1S/C15H19F2NO2/c1-14(13(19)20-2,12-6-4-3-5-7-12)18-10-8-15(16,17)9-11-18/h3-7H,8-11H2,1-2H3. The first kappa shape index (κ1) is 14.9. The Kier molecular flexibility index (Phi) is 4.09. The minimum absolute atomic E-state index is 0.174. The van der Waals surface area contributed by atoms with Crippen LogP contribution < -0.4 is 0 Å². The van der Waals surface area contributed by atoms with Crippen LogP contribution in [0, 0.1) is 0 Å². The SMILES string of the molecule is COC(=O)C(C)(c1ccccc1)N1CCC(F)(F)CC1. The summed E-state index contributed by atoms with van der Waals surface area (Å²) < 4.78 is 31.5. The lowest BCUT2D eigenvalue weighted by atomic mass is 9.87. The summed E-state index contributed by atoms with van der Waals surface area (Å²) in [4.78, 5) is 14.0. The first-order valence-electron chi connectivity index (χ1n) is 6.67. The third kappa shape index (κ3) is 2.68. The van der Waals surface area contributed by atoms with Crippen molar-refractivity contribution in [1.29, 1.82) is 0 Å². The molecule has 20 heavy (non-hydrogen) atoms. The fourth-order valence-corrected chi connectivity index (χ4v) is 2.67. The van der Waals surface area contributed by atoms with Crippen LogP contribution in [0.1, 0.15) is 25.3 Å². The second kappa shape index (κ2) is 5.48. The molecule has 0 aromatic heterocycles. The minimum atomic E-state index is -2.63. The van der Waals surface area contributed by atoms with E-state index in [4.69, 9.17) is 4.74 Å². The highest BCUT2D eigenvalue weighted by Crippen LogP contribution is 2.36. The Bertz CT molecular complexity index is 468. The van der Waals surface area contributed by atoms with Gasteiger partial charge >= 0.3 is 5.97 Å². The second-order valence-corrected chi connectivity index (χ2v) is 5.27. The van der Waals surface area contributed by atoms with E-state index in [1.54, 1.807) is 11.8 Å². The van der Waals surface area contributed by atoms with Crippen molar-refractivity contribution in [2.24, 2.45) is 0 Å². The molecule has 0 saturated carbocycles. The van der Waals surface area contributed by atoms with E-state index in [0.717, 1.165) is 5.56 Å². The number of nitrogens with zero attached hydrogens (tertiary/aromatic N) is 1. The van der Waals surface area contributed by atoms with Gasteiger partial charge in [0.15, 0.2) is 0 Å². The number of ether oxygens (including phenoxy) is 1. The number of halogens is 2. The molecule has 3 nitrogen and oxygen atoms in total. The second-order valence-electron chi connectivity index (χ2n) is 5.27. The number of carbonyl (C=O) groups is 1. The molecule has 5 heteroatoms. The van der Waals surface area contributed by atoms with Gasteiger partial charge < -0.3 is 4.74 Å². The van der Waals surface area contributed by atoms with Crippen LogP contribution in [0.4, 0.5) is 8.78 Å². The number of methoxy groups -OCH3 is 1. The van der Waals surface area contributed by atoms with Gasteiger partial charge in [0, 0.05) is 25.9 Å². The maximum absolute atomic E-state index is 13.3. The number of alkyl halides is 2. The van der Waals surface area contributed by atoms with E-state index in [0.29, 0.717) is 0 Å². The van der Waals surface area contributed by atoms with Crippen molar-refractivity contribution in [3.8, 4) is 0 Å². The first-order chi connectivity index (χ1) is 9.40. The summed E-state index contributed by atoms with van der Waals surface area (Å²) in [6.07, 6.45) is -0.459. The van der Waals surface area contributed by atoms with Crippen molar-refractivity contribution in [3.63, 3.8) is 0 Å². The molecule has 0 spiro atoms. The zero-order valence-corrected chi connectivity index (χ0v) is 11.7. The van der Waals surface area contributed by atoms with Crippen LogP contribution in [-0.4, -0.2) is 37.0 Å². The molecule has 0 amide bonds. The van der Waals surface area contributed by atoms with Gasteiger partial charge in [0.25, 0.3) is 5.92 Å². The molecule has 110 valence electrons. The van der Waals surface area contributed by atoms with Crippen molar-refractivity contribution in [3.05, 3.63) is 35.9 Å². The normalized spacial score (nSPS) is 22.0. The van der Waals surface area contributed by atoms with Crippen LogP contribution in [0.3, 0.4) is 0 Å². The molecular formula is C15H19F2NO2. The molecule has 1 saturated heterocycles. The Balaban J connectivity index is 2.32. The van der Waals surface area contributed by atoms with Crippen LogP contribution in [0.25, 0.3) is 0 Å². The van der Waals surface area contributed by atoms with Gasteiger partial charge in [-0.05, 0) is 12.5 Å². The van der Waals surface area contributed by atoms with Crippen molar-refractivity contribution in [1.82, 2.24) is 4.90 Å². The van der Waals surface area contributed by atoms with Gasteiger partial charge in [-0.15, -0.1) is 0 Å². The Morgan fingerprint density at radius 2 is 1.80 bits per heavy atom. The zero-order chi connectivity index (χ0) is 14.8. The molecule has 1 aromatic carbocycles. The van der Waals surface area contributed by atoms with Crippen molar-refractivity contribution in [2.75, 3.05) is 20.2 Å². The number of carbonyl (C=O) groups excluding carboxylic acids is 1. The summed E-state index contributed by atoms with van der Waals surface area (Å²) >= 11 is 0. The van der Waals surface area contributed by atoms with E-state index in [1.165, 1.54) is 7.11 Å². The molecule has 0 bridgehead atoms. The van der Waals surface area contributed by atoms with Crippen LogP contribution in [0.5, 0.6) is 0 Å². The quantitative estimate of drug-likeness (QED) is 0.799. The molecule has 1 aliphatic rings. The molecule has 1 aliphatic heterocycles. The van der Waals surface area contributed by atoms with Gasteiger partial charge in [0.2, 0.25) is 0 Å². The summed E-state index contributed by atoms with van der Waals surface area (Å²) in [5, 5.41) is 0. The molecular weight excluding hydrogens is 264 g/mol. The number of hydrogen-bond donors (Lipinski definition) is 0. The number of piperidine rings is 1. The van der Waals surface area contributed by atoms with E-state index in [-0.39, 0.29) is 25.9 Å². The van der Waals surface area contributed by atoms with Crippen molar-refractivity contribution >= 4 is 5.97 Å². The highest BCUT2D eigenvalue weighted by atomic mass is 19.3. The molecule has 0 radical (unpaired) electrons. The molecule has 2 rings (SSSR count). The average molecular weight is 283 g/mol. The lowest BCUT2D eigenvalue weighted by molar-refractivity contribution is -0.160. The Morgan fingerprint density at radius 1 is 1.25 bits per heavy atom. The van der Waals surface area contributed by atoms with E-state index in [1.807, 2.05) is 30.3 Å². The molecule has 1 heterocycles. The summed E-state index contributed by atoms with van der Waals surface area (Å²) in [7, 11) is 1.32. The van der Waals surface area contributed by atoms with E-state index < -0.39 is 17.4 Å². The van der Waals surface area contributed by atoms with Gasteiger partial charge in [-0.3, -0.25) is 4.90 Å². The van der Waals surface area contributed by atoms with Crippen molar-refractivity contribution < 1.29 is 18.3 Å². The van der Waals surface area contributed by atoms with Crippen molar-refractivity contribution in [2.45, 2.75) is 31.2 Å². The molecule has 0 aliphatic carbocycles. The van der Waals surface area contributed by atoms with Crippen LogP contribution in [0.15, 0.2) is 30.3 Å². The molecule has 1 aromatic rings. The maximum atomic E-state index is 13.3. The van der Waals surface area contributed by atoms with Gasteiger partial charge in [-0.1, -0.05) is 30.3 Å². The fourth-order valence-electron chi connectivity index (χ4n) is 2.67. The maximum Gasteiger partial charge on any atom is 0.330 e. The number of esters is 1. The van der Waals surface area contributed by atoms with Gasteiger partial charge in [0.05, 0.1) is 7.11 Å². The molecule has 1 atom stereocenters. The van der Waals surface area contributed by atoms with Gasteiger partial charge in [-0.25, -0.2) is 13.6 Å². The topological polar surface area (TPSA) is 29.5 Å². The lowest BCUT2D eigenvalue weighted by Gasteiger charge is -2.43. The Labute approximate surface area is 117 Å². The highest BCUT2D eigenvalue weighted by Gasteiger charge is 2.46. The smallest absolute Gasteiger partial charge is 0.330 e. The predicted molar refractivity (Wildman–Crippen MR) is 71.6 cm³/mol. The van der Waals surface area contributed by atoms with Gasteiger partial charge in [0.1, 0.15) is 5.54 Å².